The minimum absolute atomic E-state index is 0. The molecule has 2 saturated heterocycles. The third-order valence-corrected chi connectivity index (χ3v) is 8.07. The summed E-state index contributed by atoms with van der Waals surface area (Å²) in [5.41, 5.74) is 0. The minimum Gasteiger partial charge on any atom is -0.338 e. The Balaban J connectivity index is 0.00000204. The highest BCUT2D eigenvalue weighted by atomic mass is 35.5. The zero-order chi connectivity index (χ0) is 20.2. The fourth-order valence-electron chi connectivity index (χ4n) is 6.47. The van der Waals surface area contributed by atoms with Crippen LogP contribution >= 0.6 is 12.4 Å². The maximum absolute atomic E-state index is 13.0. The number of allylic oxidation sites excluding steroid dienone is 2. The van der Waals surface area contributed by atoms with Crippen molar-refractivity contribution in [3.05, 3.63) is 30.6 Å². The average Bonchev–Trinajstić information content (AvgIpc) is 3.57. The summed E-state index contributed by atoms with van der Waals surface area (Å²) in [5, 5.41) is 0. The van der Waals surface area contributed by atoms with Gasteiger partial charge in [0.2, 0.25) is 17.8 Å². The van der Waals surface area contributed by atoms with Crippen molar-refractivity contribution in [1.82, 2.24) is 19.8 Å². The van der Waals surface area contributed by atoms with Crippen molar-refractivity contribution < 1.29 is 9.59 Å². The molecule has 2 amide bonds. The van der Waals surface area contributed by atoms with Crippen LogP contribution in [0.3, 0.4) is 0 Å². The number of halogens is 1. The van der Waals surface area contributed by atoms with E-state index in [1.165, 1.54) is 6.42 Å². The van der Waals surface area contributed by atoms with E-state index in [9.17, 15) is 9.59 Å². The van der Waals surface area contributed by atoms with Crippen molar-refractivity contribution in [3.63, 3.8) is 0 Å². The number of carbonyl (C=O) groups is 2. The van der Waals surface area contributed by atoms with Crippen molar-refractivity contribution in [2.45, 2.75) is 19.3 Å². The first-order valence-corrected chi connectivity index (χ1v) is 11.5. The molecule has 7 rings (SSSR count). The zero-order valence-electron chi connectivity index (χ0n) is 17.7. The standard InChI is InChI=1S/C23H29N5O2.ClH/c29-21-19-15-4-5-16(18-14-17(15)18)20(19)22(30)28(21)9-2-1-8-26-10-12-27(13-11-26)23-24-6-3-7-25-23;/h3-7,15-20H,1-2,8-14H2;1H. The molecule has 6 aliphatic rings. The van der Waals surface area contributed by atoms with Gasteiger partial charge in [-0.1, -0.05) is 12.2 Å². The van der Waals surface area contributed by atoms with E-state index < -0.39 is 0 Å². The molecule has 4 aliphatic carbocycles. The number of hydrogen-bond acceptors (Lipinski definition) is 6. The van der Waals surface area contributed by atoms with Gasteiger partial charge in [-0.25, -0.2) is 9.97 Å². The Labute approximate surface area is 189 Å². The SMILES string of the molecule is Cl.O=C1C2C3C=CC(C4CC34)C2C(=O)N1CCCCN1CCN(c2ncccn2)CC1. The second kappa shape index (κ2) is 8.17. The molecule has 0 spiro atoms. The lowest BCUT2D eigenvalue weighted by Gasteiger charge is -2.37. The van der Waals surface area contributed by atoms with Crippen molar-refractivity contribution in [2.75, 3.05) is 44.2 Å². The first-order chi connectivity index (χ1) is 14.7. The number of nitrogens with zero attached hydrogens (tertiary/aromatic N) is 5. The normalized spacial score (nSPS) is 35.7. The zero-order valence-corrected chi connectivity index (χ0v) is 18.5. The minimum atomic E-state index is -0.0514. The molecule has 2 aliphatic heterocycles. The Kier molecular flexibility index (Phi) is 5.51. The quantitative estimate of drug-likeness (QED) is 0.379. The molecule has 1 aromatic rings. The van der Waals surface area contributed by atoms with Gasteiger partial charge >= 0.3 is 0 Å². The summed E-state index contributed by atoms with van der Waals surface area (Å²) in [7, 11) is 0. The fraction of sp³-hybridized carbons (Fsp3) is 0.652. The van der Waals surface area contributed by atoms with Crippen LogP contribution in [0.25, 0.3) is 0 Å². The molecule has 1 aromatic heterocycles. The van der Waals surface area contributed by atoms with Crippen LogP contribution in [-0.2, 0) is 9.59 Å². The Bertz CT molecular complexity index is 836. The molecule has 6 atom stereocenters. The highest BCUT2D eigenvalue weighted by Crippen LogP contribution is 2.65. The van der Waals surface area contributed by atoms with Crippen LogP contribution in [0.2, 0.25) is 0 Å². The molecule has 0 radical (unpaired) electrons. The topological polar surface area (TPSA) is 69.6 Å². The van der Waals surface area contributed by atoms with Gasteiger partial charge in [-0.2, -0.15) is 0 Å². The Morgan fingerprint density at radius 3 is 2.03 bits per heavy atom. The number of carbonyl (C=O) groups excluding carboxylic acids is 2. The van der Waals surface area contributed by atoms with Crippen LogP contribution < -0.4 is 4.90 Å². The predicted molar refractivity (Wildman–Crippen MR) is 119 cm³/mol. The van der Waals surface area contributed by atoms with Gasteiger partial charge in [0.1, 0.15) is 0 Å². The molecule has 7 nitrogen and oxygen atoms in total. The molecule has 4 fully saturated rings. The predicted octanol–water partition coefficient (Wildman–Crippen LogP) is 1.85. The van der Waals surface area contributed by atoms with E-state index in [4.69, 9.17) is 0 Å². The van der Waals surface area contributed by atoms with E-state index in [0.717, 1.165) is 51.5 Å². The first kappa shape index (κ1) is 20.9. The van der Waals surface area contributed by atoms with Gasteiger partial charge in [0.25, 0.3) is 0 Å². The number of amides is 2. The van der Waals surface area contributed by atoms with Gasteiger partial charge in [0.05, 0.1) is 11.8 Å². The van der Waals surface area contributed by atoms with E-state index in [0.29, 0.717) is 30.2 Å². The highest BCUT2D eigenvalue weighted by Gasteiger charge is 2.66. The van der Waals surface area contributed by atoms with Crippen molar-refractivity contribution >= 4 is 30.2 Å². The molecule has 6 unspecified atom stereocenters. The molecule has 8 heteroatoms. The number of hydrogen-bond donors (Lipinski definition) is 0. The van der Waals surface area contributed by atoms with Crippen molar-refractivity contribution in [1.29, 1.82) is 0 Å². The maximum Gasteiger partial charge on any atom is 0.233 e. The second-order valence-electron chi connectivity index (χ2n) is 9.57. The molecular weight excluding hydrogens is 414 g/mol. The summed E-state index contributed by atoms with van der Waals surface area (Å²) in [5.74, 6) is 2.96. The van der Waals surface area contributed by atoms with Crippen LogP contribution in [0, 0.1) is 35.5 Å². The van der Waals surface area contributed by atoms with E-state index in [2.05, 4.69) is 31.9 Å². The lowest BCUT2D eigenvalue weighted by atomic mass is 9.63. The molecule has 0 N–H and O–H groups in total. The van der Waals surface area contributed by atoms with Gasteiger partial charge in [-0.15, -0.1) is 12.4 Å². The summed E-state index contributed by atoms with van der Waals surface area (Å²) in [4.78, 5) is 41.0. The highest BCUT2D eigenvalue weighted by molar-refractivity contribution is 6.06. The van der Waals surface area contributed by atoms with E-state index in [1.807, 2.05) is 6.07 Å². The third kappa shape index (κ3) is 3.46. The van der Waals surface area contributed by atoms with Crippen LogP contribution in [0.15, 0.2) is 30.6 Å². The fourth-order valence-corrected chi connectivity index (χ4v) is 6.47. The first-order valence-electron chi connectivity index (χ1n) is 11.5. The molecule has 31 heavy (non-hydrogen) atoms. The number of likely N-dealkylation sites (tertiary alicyclic amines) is 1. The number of piperazine rings is 1. The lowest BCUT2D eigenvalue weighted by Crippen LogP contribution is -2.47. The van der Waals surface area contributed by atoms with E-state index >= 15 is 0 Å². The Morgan fingerprint density at radius 2 is 1.42 bits per heavy atom. The van der Waals surface area contributed by atoms with Gasteiger partial charge in [0.15, 0.2) is 0 Å². The summed E-state index contributed by atoms with van der Waals surface area (Å²) in [6.07, 6.45) is 11.2. The molecule has 166 valence electrons. The van der Waals surface area contributed by atoms with Gasteiger partial charge in [0, 0.05) is 45.1 Å². The number of anilines is 1. The van der Waals surface area contributed by atoms with Gasteiger partial charge in [-0.05, 0) is 55.5 Å². The molecule has 2 bridgehead atoms. The molecule has 2 saturated carbocycles. The van der Waals surface area contributed by atoms with Crippen LogP contribution in [0.4, 0.5) is 5.95 Å². The number of rotatable bonds is 6. The Morgan fingerprint density at radius 1 is 0.839 bits per heavy atom. The molecule has 3 heterocycles. The summed E-state index contributed by atoms with van der Waals surface area (Å²) in [6.45, 7) is 5.49. The number of unbranched alkanes of at least 4 members (excludes halogenated alkanes) is 1. The average molecular weight is 444 g/mol. The largest absolute Gasteiger partial charge is 0.338 e. The van der Waals surface area contributed by atoms with Crippen molar-refractivity contribution in [2.24, 2.45) is 35.5 Å². The summed E-state index contributed by atoms with van der Waals surface area (Å²) < 4.78 is 0. The smallest absolute Gasteiger partial charge is 0.233 e. The molecular formula is C23H30ClN5O2. The lowest BCUT2D eigenvalue weighted by molar-refractivity contribution is -0.140. The van der Waals surface area contributed by atoms with Crippen LogP contribution in [0.5, 0.6) is 0 Å². The number of aromatic nitrogens is 2. The second-order valence-corrected chi connectivity index (χ2v) is 9.57. The monoisotopic (exact) mass is 443 g/mol. The third-order valence-electron chi connectivity index (χ3n) is 8.07. The summed E-state index contributed by atoms with van der Waals surface area (Å²) >= 11 is 0. The molecule has 0 aromatic carbocycles. The number of imide groups is 1. The summed E-state index contributed by atoms with van der Waals surface area (Å²) in [6, 6.07) is 1.84. The van der Waals surface area contributed by atoms with Gasteiger partial charge in [-0.3, -0.25) is 19.4 Å². The van der Waals surface area contributed by atoms with Crippen molar-refractivity contribution in [3.8, 4) is 0 Å². The Hall–Kier alpha value is -1.99. The van der Waals surface area contributed by atoms with E-state index in [1.54, 1.807) is 17.3 Å². The van der Waals surface area contributed by atoms with Crippen LogP contribution in [0.1, 0.15) is 19.3 Å². The van der Waals surface area contributed by atoms with Gasteiger partial charge < -0.3 is 4.90 Å². The maximum atomic E-state index is 13.0. The van der Waals surface area contributed by atoms with E-state index in [-0.39, 0.29) is 36.1 Å². The van der Waals surface area contributed by atoms with Crippen LogP contribution in [-0.4, -0.2) is 70.9 Å².